The van der Waals surface area contributed by atoms with Crippen molar-refractivity contribution in [3.05, 3.63) is 33.9 Å². The molecule has 0 unspecified atom stereocenters. The Hall–Kier alpha value is -1.57. The van der Waals surface area contributed by atoms with Gasteiger partial charge in [-0.1, -0.05) is 13.0 Å². The molecule has 0 aliphatic carbocycles. The van der Waals surface area contributed by atoms with Gasteiger partial charge < -0.3 is 0 Å². The minimum atomic E-state index is -4.60. The number of hydrogen-bond acceptors (Lipinski definition) is 4. The first kappa shape index (κ1) is 14.5. The lowest BCUT2D eigenvalue weighted by atomic mass is 10.1. The highest BCUT2D eigenvalue weighted by molar-refractivity contribution is 8.00. The van der Waals surface area contributed by atoms with Crippen molar-refractivity contribution in [2.24, 2.45) is 0 Å². The van der Waals surface area contributed by atoms with Crippen LogP contribution in [0.2, 0.25) is 0 Å². The fourth-order valence-corrected chi connectivity index (χ4v) is 2.05. The molecular formula is C10H8F3NO3S. The Morgan fingerprint density at radius 1 is 1.44 bits per heavy atom. The molecule has 0 fully saturated rings. The van der Waals surface area contributed by atoms with E-state index in [4.69, 9.17) is 0 Å². The summed E-state index contributed by atoms with van der Waals surface area (Å²) < 4.78 is 36.9. The molecule has 0 spiro atoms. The number of nitro groups is 1. The van der Waals surface area contributed by atoms with Gasteiger partial charge in [0.15, 0.2) is 5.78 Å². The predicted octanol–water partition coefficient (Wildman–Crippen LogP) is 3.80. The van der Waals surface area contributed by atoms with Gasteiger partial charge in [-0.15, -0.1) is 0 Å². The van der Waals surface area contributed by atoms with Crippen molar-refractivity contribution in [2.75, 3.05) is 0 Å². The van der Waals surface area contributed by atoms with Crippen molar-refractivity contribution >= 4 is 23.2 Å². The average Bonchev–Trinajstić information content (AvgIpc) is 2.25. The summed E-state index contributed by atoms with van der Waals surface area (Å²) in [6.45, 7) is 1.43. The number of Topliss-reactive ketones (excluding diaryl/α,β-unsaturated/α-hetero) is 1. The van der Waals surface area contributed by atoms with Crippen LogP contribution >= 0.6 is 11.8 Å². The third kappa shape index (κ3) is 3.46. The van der Waals surface area contributed by atoms with E-state index in [1.807, 2.05) is 0 Å². The molecule has 98 valence electrons. The zero-order valence-corrected chi connectivity index (χ0v) is 9.97. The summed E-state index contributed by atoms with van der Waals surface area (Å²) in [6, 6.07) is 3.19. The highest BCUT2D eigenvalue weighted by Gasteiger charge is 2.33. The van der Waals surface area contributed by atoms with Gasteiger partial charge in [0.2, 0.25) is 0 Å². The topological polar surface area (TPSA) is 60.2 Å². The maximum atomic E-state index is 12.3. The molecule has 0 aliphatic heterocycles. The van der Waals surface area contributed by atoms with Crippen LogP contribution in [0.25, 0.3) is 0 Å². The number of ketones is 1. The predicted molar refractivity (Wildman–Crippen MR) is 59.6 cm³/mol. The summed E-state index contributed by atoms with van der Waals surface area (Å²) in [7, 11) is 0. The molecule has 0 radical (unpaired) electrons. The number of carbonyl (C=O) groups excluding carboxylic acids is 1. The smallest absolute Gasteiger partial charge is 0.294 e. The summed E-state index contributed by atoms with van der Waals surface area (Å²) in [5, 5.41) is 10.7. The van der Waals surface area contributed by atoms with E-state index in [1.54, 1.807) is 0 Å². The highest BCUT2D eigenvalue weighted by atomic mass is 32.2. The number of nitrogens with zero attached hydrogens (tertiary/aromatic N) is 1. The fraction of sp³-hybridized carbons (Fsp3) is 0.300. The number of halogens is 3. The Kier molecular flexibility index (Phi) is 4.33. The molecule has 0 aliphatic rings. The van der Waals surface area contributed by atoms with Gasteiger partial charge in [-0.2, -0.15) is 13.2 Å². The standard InChI is InChI=1S/C10H8F3NO3S/c1-2-7(15)9-6(14(16)17)4-3-5-8(9)18-10(11,12)13/h3-5H,2H2,1H3. The maximum absolute atomic E-state index is 12.3. The van der Waals surface area contributed by atoms with E-state index < -0.39 is 44.1 Å². The Morgan fingerprint density at radius 3 is 2.50 bits per heavy atom. The number of carbonyl (C=O) groups is 1. The minimum Gasteiger partial charge on any atom is -0.294 e. The molecule has 0 amide bonds. The summed E-state index contributed by atoms with van der Waals surface area (Å²) in [5.41, 5.74) is -5.68. The van der Waals surface area contributed by atoms with Crippen LogP contribution < -0.4 is 0 Å². The first-order valence-corrected chi connectivity index (χ1v) is 5.64. The third-order valence-electron chi connectivity index (χ3n) is 2.03. The molecule has 1 rings (SSSR count). The average molecular weight is 279 g/mol. The van der Waals surface area contributed by atoms with Crippen LogP contribution in [-0.2, 0) is 0 Å². The molecule has 18 heavy (non-hydrogen) atoms. The van der Waals surface area contributed by atoms with Crippen molar-refractivity contribution in [1.82, 2.24) is 0 Å². The molecule has 1 aromatic rings. The molecule has 8 heteroatoms. The van der Waals surface area contributed by atoms with Crippen LogP contribution in [0, 0.1) is 10.1 Å². The lowest BCUT2D eigenvalue weighted by Crippen LogP contribution is -2.07. The first-order chi connectivity index (χ1) is 8.26. The van der Waals surface area contributed by atoms with Gasteiger partial charge in [-0.25, -0.2) is 0 Å². The minimum absolute atomic E-state index is 0.101. The number of alkyl halides is 3. The van der Waals surface area contributed by atoms with Crippen molar-refractivity contribution in [2.45, 2.75) is 23.7 Å². The molecule has 1 aromatic carbocycles. The largest absolute Gasteiger partial charge is 0.446 e. The van der Waals surface area contributed by atoms with Crippen LogP contribution in [-0.4, -0.2) is 16.2 Å². The van der Waals surface area contributed by atoms with Gasteiger partial charge in [0.25, 0.3) is 5.69 Å². The van der Waals surface area contributed by atoms with Crippen molar-refractivity contribution in [3.8, 4) is 0 Å². The Morgan fingerprint density at radius 2 is 2.06 bits per heavy atom. The quantitative estimate of drug-likeness (QED) is 0.364. The second kappa shape index (κ2) is 5.38. The van der Waals surface area contributed by atoms with E-state index in [-0.39, 0.29) is 6.42 Å². The molecule has 0 atom stereocenters. The lowest BCUT2D eigenvalue weighted by molar-refractivity contribution is -0.385. The van der Waals surface area contributed by atoms with E-state index >= 15 is 0 Å². The van der Waals surface area contributed by atoms with Crippen molar-refractivity contribution in [3.63, 3.8) is 0 Å². The summed E-state index contributed by atoms with van der Waals surface area (Å²) in [5.74, 6) is -0.686. The van der Waals surface area contributed by atoms with Gasteiger partial charge in [-0.05, 0) is 17.8 Å². The number of thioether (sulfide) groups is 1. The number of rotatable bonds is 4. The first-order valence-electron chi connectivity index (χ1n) is 4.82. The maximum Gasteiger partial charge on any atom is 0.446 e. The SMILES string of the molecule is CCC(=O)c1c(SC(F)(F)F)cccc1[N+](=O)[O-]. The van der Waals surface area contributed by atoms with Crippen LogP contribution in [0.4, 0.5) is 18.9 Å². The molecule has 0 N–H and O–H groups in total. The van der Waals surface area contributed by atoms with Crippen molar-refractivity contribution < 1.29 is 22.9 Å². The lowest BCUT2D eigenvalue weighted by Gasteiger charge is -2.09. The van der Waals surface area contributed by atoms with E-state index in [2.05, 4.69) is 0 Å². The van der Waals surface area contributed by atoms with Crippen molar-refractivity contribution in [1.29, 1.82) is 0 Å². The van der Waals surface area contributed by atoms with Gasteiger partial charge in [-0.3, -0.25) is 14.9 Å². The van der Waals surface area contributed by atoms with E-state index in [1.165, 1.54) is 6.92 Å². The molecule has 0 saturated heterocycles. The summed E-state index contributed by atoms with van der Waals surface area (Å²) >= 11 is -0.523. The molecule has 0 aromatic heterocycles. The van der Waals surface area contributed by atoms with Gasteiger partial charge in [0.1, 0.15) is 5.56 Å². The highest BCUT2D eigenvalue weighted by Crippen LogP contribution is 2.41. The summed E-state index contributed by atoms with van der Waals surface area (Å²) in [6.07, 6.45) is -0.101. The van der Waals surface area contributed by atoms with Crippen LogP contribution in [0.15, 0.2) is 23.1 Å². The fourth-order valence-electron chi connectivity index (χ4n) is 1.34. The molecule has 0 saturated carbocycles. The Bertz CT molecular complexity index is 488. The van der Waals surface area contributed by atoms with E-state index in [9.17, 15) is 28.1 Å². The monoisotopic (exact) mass is 279 g/mol. The summed E-state index contributed by atoms with van der Waals surface area (Å²) in [4.78, 5) is 21.0. The number of benzene rings is 1. The van der Waals surface area contributed by atoms with Gasteiger partial charge in [0.05, 0.1) is 4.92 Å². The molecule has 0 heterocycles. The molecule has 0 bridgehead atoms. The number of hydrogen-bond donors (Lipinski definition) is 0. The zero-order valence-electron chi connectivity index (χ0n) is 9.15. The Labute approximate surface area is 104 Å². The third-order valence-corrected chi connectivity index (χ3v) is 2.82. The van der Waals surface area contributed by atoms with Crippen LogP contribution in [0.3, 0.4) is 0 Å². The number of nitro benzene ring substituents is 1. The van der Waals surface area contributed by atoms with E-state index in [0.29, 0.717) is 0 Å². The van der Waals surface area contributed by atoms with E-state index in [0.717, 1.165) is 18.2 Å². The molecule has 4 nitrogen and oxygen atoms in total. The second-order valence-corrected chi connectivity index (χ2v) is 4.34. The van der Waals surface area contributed by atoms with Crippen LogP contribution in [0.1, 0.15) is 23.7 Å². The van der Waals surface area contributed by atoms with Gasteiger partial charge >= 0.3 is 5.51 Å². The Balaban J connectivity index is 3.37. The zero-order chi connectivity index (χ0) is 13.9. The molecular weight excluding hydrogens is 271 g/mol. The normalized spacial score (nSPS) is 11.3. The van der Waals surface area contributed by atoms with Crippen LogP contribution in [0.5, 0.6) is 0 Å². The van der Waals surface area contributed by atoms with Gasteiger partial charge in [0, 0.05) is 17.4 Å². The second-order valence-electron chi connectivity index (χ2n) is 3.23.